The minimum Gasteiger partial charge on any atom is -0.309 e. The Morgan fingerprint density at radius 3 is 1.34 bits per heavy atom. The summed E-state index contributed by atoms with van der Waals surface area (Å²) < 4.78 is 2.50. The van der Waals surface area contributed by atoms with Crippen molar-refractivity contribution >= 4 is 21.8 Å². The van der Waals surface area contributed by atoms with E-state index < -0.39 is 5.41 Å². The first kappa shape index (κ1) is 38.3. The minimum atomic E-state index is -0.515. The number of fused-ring (bicyclic) bond motifs is 12. The van der Waals surface area contributed by atoms with Crippen molar-refractivity contribution in [1.82, 2.24) is 19.5 Å². The molecule has 0 saturated heterocycles. The number of para-hydroxylation sites is 3. The number of nitrogens with zero attached hydrogens (tertiary/aromatic N) is 4. The number of hydrogen-bond donors (Lipinski definition) is 0. The maximum Gasteiger partial charge on any atom is 0.164 e. The molecule has 1 atom stereocenters. The van der Waals surface area contributed by atoms with Gasteiger partial charge >= 0.3 is 0 Å². The molecular formula is C64H40N4. The van der Waals surface area contributed by atoms with E-state index in [0.29, 0.717) is 17.5 Å². The molecule has 2 aromatic heterocycles. The first-order valence-electron chi connectivity index (χ1n) is 23.3. The van der Waals surface area contributed by atoms with Crippen LogP contribution in [0, 0.1) is 0 Å². The SMILES string of the molecule is c1ccc(-c2ccc(-c3nc(-c4ccc(-c5ccccc5)cc4)nc(-c4ccc(-c5cccc6c5-c5ccccc5C65c6ccccc6-n6c7ccccc7c7cccc5c76)cc4)n3)cc2)cc1. The Kier molecular flexibility index (Phi) is 8.46. The Morgan fingerprint density at radius 1 is 0.279 bits per heavy atom. The second-order valence-electron chi connectivity index (χ2n) is 17.9. The highest BCUT2D eigenvalue weighted by Crippen LogP contribution is 2.62. The van der Waals surface area contributed by atoms with Gasteiger partial charge in [-0.15, -0.1) is 0 Å². The highest BCUT2D eigenvalue weighted by atomic mass is 15.0. The van der Waals surface area contributed by atoms with Crippen molar-refractivity contribution < 1.29 is 0 Å². The number of hydrogen-bond acceptors (Lipinski definition) is 3. The van der Waals surface area contributed by atoms with Gasteiger partial charge in [-0.1, -0.05) is 231 Å². The first-order valence-corrected chi connectivity index (χ1v) is 23.3. The highest BCUT2D eigenvalue weighted by Gasteiger charge is 2.51. The first-order chi connectivity index (χ1) is 33.7. The van der Waals surface area contributed by atoms with Crippen LogP contribution in [0.1, 0.15) is 22.3 Å². The normalized spacial score (nSPS) is 14.2. The van der Waals surface area contributed by atoms with Gasteiger partial charge in [0.1, 0.15) is 0 Å². The Morgan fingerprint density at radius 2 is 0.706 bits per heavy atom. The monoisotopic (exact) mass is 864 g/mol. The fourth-order valence-electron chi connectivity index (χ4n) is 11.3. The third kappa shape index (κ3) is 5.64. The molecule has 12 aromatic rings. The van der Waals surface area contributed by atoms with Gasteiger partial charge in [-0.3, -0.25) is 0 Å². The van der Waals surface area contributed by atoms with Crippen molar-refractivity contribution in [3.63, 3.8) is 0 Å². The summed E-state index contributed by atoms with van der Waals surface area (Å²) in [4.78, 5) is 15.4. The Labute approximate surface area is 394 Å². The summed E-state index contributed by atoms with van der Waals surface area (Å²) >= 11 is 0. The maximum atomic E-state index is 5.16. The van der Waals surface area contributed by atoms with E-state index >= 15 is 0 Å². The van der Waals surface area contributed by atoms with Gasteiger partial charge in [0.15, 0.2) is 17.5 Å². The van der Waals surface area contributed by atoms with Gasteiger partial charge in [0, 0.05) is 27.5 Å². The van der Waals surface area contributed by atoms with Crippen LogP contribution in [-0.4, -0.2) is 19.5 Å². The van der Waals surface area contributed by atoms with Crippen LogP contribution in [0.5, 0.6) is 0 Å². The highest BCUT2D eigenvalue weighted by molar-refractivity contribution is 6.13. The van der Waals surface area contributed by atoms with Crippen LogP contribution >= 0.6 is 0 Å². The lowest BCUT2D eigenvalue weighted by Gasteiger charge is -2.39. The van der Waals surface area contributed by atoms with Crippen LogP contribution < -0.4 is 0 Å². The van der Waals surface area contributed by atoms with Gasteiger partial charge in [0.05, 0.1) is 22.1 Å². The zero-order valence-electron chi connectivity index (χ0n) is 36.9. The largest absolute Gasteiger partial charge is 0.309 e. The van der Waals surface area contributed by atoms with Crippen LogP contribution in [0.2, 0.25) is 0 Å². The van der Waals surface area contributed by atoms with Crippen LogP contribution in [0.25, 0.3) is 106 Å². The van der Waals surface area contributed by atoms with E-state index in [0.717, 1.165) is 33.4 Å². The predicted octanol–water partition coefficient (Wildman–Crippen LogP) is 15.6. The Hall–Kier alpha value is -8.99. The fourth-order valence-corrected chi connectivity index (χ4v) is 11.3. The molecule has 0 bridgehead atoms. The van der Waals surface area contributed by atoms with Crippen molar-refractivity contribution in [1.29, 1.82) is 0 Å². The van der Waals surface area contributed by atoms with Crippen LogP contribution in [0.3, 0.4) is 0 Å². The summed E-state index contributed by atoms with van der Waals surface area (Å²) in [5.74, 6) is 1.89. The van der Waals surface area contributed by atoms with E-state index in [-0.39, 0.29) is 0 Å². The third-order valence-corrected chi connectivity index (χ3v) is 14.3. The van der Waals surface area contributed by atoms with Crippen LogP contribution in [-0.2, 0) is 5.41 Å². The van der Waals surface area contributed by atoms with Gasteiger partial charge in [0.25, 0.3) is 0 Å². The molecule has 14 rings (SSSR count). The lowest BCUT2D eigenvalue weighted by molar-refractivity contribution is 0.748. The molecule has 1 aliphatic carbocycles. The molecule has 0 N–H and O–H groups in total. The molecule has 316 valence electrons. The average molecular weight is 865 g/mol. The van der Waals surface area contributed by atoms with Crippen molar-refractivity contribution in [2.75, 3.05) is 0 Å². The third-order valence-electron chi connectivity index (χ3n) is 14.3. The maximum absolute atomic E-state index is 5.16. The second-order valence-corrected chi connectivity index (χ2v) is 17.9. The van der Waals surface area contributed by atoms with Gasteiger partial charge in [0.2, 0.25) is 0 Å². The fraction of sp³-hybridized carbons (Fsp3) is 0.0156. The molecule has 4 heteroatoms. The smallest absolute Gasteiger partial charge is 0.164 e. The molecule has 1 unspecified atom stereocenters. The lowest BCUT2D eigenvalue weighted by Crippen LogP contribution is -2.33. The Balaban J connectivity index is 0.906. The summed E-state index contributed by atoms with van der Waals surface area (Å²) in [6, 6.07) is 87.5. The zero-order chi connectivity index (χ0) is 44.8. The molecule has 0 fully saturated rings. The van der Waals surface area contributed by atoms with Gasteiger partial charge in [-0.2, -0.15) is 0 Å². The van der Waals surface area contributed by atoms with Gasteiger partial charge in [-0.25, -0.2) is 15.0 Å². The molecule has 0 amide bonds. The molecule has 1 aliphatic heterocycles. The molecule has 1 spiro atoms. The van der Waals surface area contributed by atoms with E-state index in [1.807, 2.05) is 12.1 Å². The average Bonchev–Trinajstić information content (AvgIpc) is 3.92. The van der Waals surface area contributed by atoms with Gasteiger partial charge in [-0.05, 0) is 78.9 Å². The van der Waals surface area contributed by atoms with E-state index in [4.69, 9.17) is 15.0 Å². The van der Waals surface area contributed by atoms with Crippen molar-refractivity contribution in [3.8, 4) is 84.4 Å². The standard InChI is InChI=1S/C64H40N4/c1-3-15-41(16-4-1)43-29-35-46(36-30-43)61-65-62(47-37-31-44(32-38-47)42-17-5-2-6-18-42)67-63(66-61)48-39-33-45(34-40-48)49-21-13-25-55-59(49)52-20-7-9-23-53(52)64(55)54-24-10-12-28-58(54)68-57-27-11-8-19-50(57)51-22-14-26-56(64)60(51)68/h1-40H. The lowest BCUT2D eigenvalue weighted by atomic mass is 9.65. The number of aromatic nitrogens is 4. The van der Waals surface area contributed by atoms with E-state index in [2.05, 4.69) is 235 Å². The van der Waals surface area contributed by atoms with Crippen molar-refractivity contribution in [3.05, 3.63) is 265 Å². The van der Waals surface area contributed by atoms with Crippen molar-refractivity contribution in [2.45, 2.75) is 5.41 Å². The van der Waals surface area contributed by atoms with Crippen LogP contribution in [0.4, 0.5) is 0 Å². The number of benzene rings is 10. The summed E-state index contributed by atoms with van der Waals surface area (Å²) in [5, 5.41) is 2.55. The quantitative estimate of drug-likeness (QED) is 0.167. The topological polar surface area (TPSA) is 43.6 Å². The number of rotatable bonds is 6. The van der Waals surface area contributed by atoms with Gasteiger partial charge < -0.3 is 4.57 Å². The summed E-state index contributed by atoms with van der Waals surface area (Å²) in [5.41, 5.74) is 20.7. The van der Waals surface area contributed by atoms with Crippen molar-refractivity contribution in [2.24, 2.45) is 0 Å². The second kappa shape index (κ2) is 15.0. The summed E-state index contributed by atoms with van der Waals surface area (Å²) in [7, 11) is 0. The zero-order valence-corrected chi connectivity index (χ0v) is 36.9. The molecule has 0 saturated carbocycles. The van der Waals surface area contributed by atoms with E-state index in [9.17, 15) is 0 Å². The minimum absolute atomic E-state index is 0.515. The van der Waals surface area contributed by atoms with E-state index in [1.165, 1.54) is 77.6 Å². The molecule has 68 heavy (non-hydrogen) atoms. The molecule has 10 aromatic carbocycles. The molecule has 4 nitrogen and oxygen atoms in total. The molecular weight excluding hydrogens is 825 g/mol. The molecule has 3 heterocycles. The summed E-state index contributed by atoms with van der Waals surface area (Å²) in [6.07, 6.45) is 0. The molecule has 2 aliphatic rings. The summed E-state index contributed by atoms with van der Waals surface area (Å²) in [6.45, 7) is 0. The molecule has 0 radical (unpaired) electrons. The van der Waals surface area contributed by atoms with E-state index in [1.54, 1.807) is 0 Å². The van der Waals surface area contributed by atoms with Crippen LogP contribution in [0.15, 0.2) is 243 Å². The Bertz CT molecular complexity index is 3830. The predicted molar refractivity (Wildman–Crippen MR) is 278 cm³/mol.